The number of hydrogen-bond donors (Lipinski definition) is 2. The van der Waals surface area contributed by atoms with E-state index in [1.165, 1.54) is 5.56 Å². The smallest absolute Gasteiger partial charge is 0.256 e. The average molecular weight is 504 g/mol. The lowest BCUT2D eigenvalue weighted by atomic mass is 9.93. The third-order valence-electron chi connectivity index (χ3n) is 7.45. The van der Waals surface area contributed by atoms with Gasteiger partial charge in [-0.15, -0.1) is 0 Å². The van der Waals surface area contributed by atoms with Gasteiger partial charge in [0.2, 0.25) is 11.8 Å². The van der Waals surface area contributed by atoms with E-state index >= 15 is 0 Å². The first kappa shape index (κ1) is 26.3. The molecule has 0 bridgehead atoms. The molecule has 2 aliphatic rings. The molecule has 0 atom stereocenters. The Balaban J connectivity index is 1.72. The molecule has 2 heterocycles. The second kappa shape index (κ2) is 10.7. The van der Waals surface area contributed by atoms with Gasteiger partial charge >= 0.3 is 0 Å². The van der Waals surface area contributed by atoms with Crippen molar-refractivity contribution in [3.8, 4) is 11.1 Å². The molecule has 37 heavy (non-hydrogen) atoms. The largest absolute Gasteiger partial charge is 0.382 e. The van der Waals surface area contributed by atoms with Crippen molar-refractivity contribution >= 4 is 29.1 Å². The van der Waals surface area contributed by atoms with Crippen molar-refractivity contribution < 1.29 is 14.4 Å². The zero-order valence-corrected chi connectivity index (χ0v) is 22.3. The maximum Gasteiger partial charge on any atom is 0.256 e. The Labute approximate surface area is 219 Å². The molecule has 8 nitrogen and oxygen atoms in total. The molecular formula is C29H37N5O3. The number of fused-ring (bicyclic) bond motifs is 1. The molecule has 8 heteroatoms. The Morgan fingerprint density at radius 2 is 1.86 bits per heavy atom. The van der Waals surface area contributed by atoms with Gasteiger partial charge in [-0.1, -0.05) is 31.7 Å². The van der Waals surface area contributed by atoms with Gasteiger partial charge < -0.3 is 25.8 Å². The first-order chi connectivity index (χ1) is 17.6. The zero-order chi connectivity index (χ0) is 26.9. The Morgan fingerprint density at radius 3 is 2.46 bits per heavy atom. The Morgan fingerprint density at radius 1 is 1.16 bits per heavy atom. The quantitative estimate of drug-likeness (QED) is 0.538. The fraction of sp³-hybridized carbons (Fsp3) is 0.414. The summed E-state index contributed by atoms with van der Waals surface area (Å²) >= 11 is 0. The van der Waals surface area contributed by atoms with Crippen LogP contribution in [0, 0.1) is 0 Å². The molecule has 196 valence electrons. The summed E-state index contributed by atoms with van der Waals surface area (Å²) in [6.45, 7) is 9.37. The Hall–Kier alpha value is -3.81. The highest BCUT2D eigenvalue weighted by Crippen LogP contribution is 2.39. The van der Waals surface area contributed by atoms with Gasteiger partial charge in [0.15, 0.2) is 0 Å². The van der Waals surface area contributed by atoms with E-state index in [4.69, 9.17) is 5.73 Å². The molecule has 4 rings (SSSR count). The lowest BCUT2D eigenvalue weighted by molar-refractivity contribution is -0.129. The molecule has 2 aromatic rings. The second-order valence-corrected chi connectivity index (χ2v) is 10.2. The van der Waals surface area contributed by atoms with Crippen LogP contribution in [0.25, 0.3) is 11.1 Å². The molecular weight excluding hydrogens is 466 g/mol. The molecule has 0 aromatic heterocycles. The van der Waals surface area contributed by atoms with Gasteiger partial charge in [-0.25, -0.2) is 0 Å². The van der Waals surface area contributed by atoms with E-state index in [0.29, 0.717) is 25.2 Å². The lowest BCUT2D eigenvalue weighted by Gasteiger charge is -2.32. The van der Waals surface area contributed by atoms with E-state index in [1.54, 1.807) is 11.8 Å². The number of carbonyl (C=O) groups is 3. The van der Waals surface area contributed by atoms with Crippen molar-refractivity contribution in [2.75, 3.05) is 43.9 Å². The minimum absolute atomic E-state index is 0.0929. The lowest BCUT2D eigenvalue weighted by Crippen LogP contribution is -2.41. The van der Waals surface area contributed by atoms with E-state index < -0.39 is 5.91 Å². The van der Waals surface area contributed by atoms with Crippen molar-refractivity contribution in [1.29, 1.82) is 0 Å². The van der Waals surface area contributed by atoms with E-state index in [1.807, 2.05) is 25.1 Å². The number of likely N-dealkylation sites (tertiary alicyclic amines) is 1. The maximum atomic E-state index is 13.6. The van der Waals surface area contributed by atoms with Crippen LogP contribution in [0.1, 0.15) is 48.2 Å². The monoisotopic (exact) mass is 503 g/mol. The number of rotatable bonds is 8. The van der Waals surface area contributed by atoms with Gasteiger partial charge in [0.1, 0.15) is 0 Å². The van der Waals surface area contributed by atoms with Crippen molar-refractivity contribution in [3.63, 3.8) is 0 Å². The number of nitrogens with two attached hydrogens (primary N) is 1. The van der Waals surface area contributed by atoms with Crippen molar-refractivity contribution in [3.05, 3.63) is 59.2 Å². The number of anilines is 2. The van der Waals surface area contributed by atoms with Crippen LogP contribution in [0.15, 0.2) is 42.5 Å². The van der Waals surface area contributed by atoms with Gasteiger partial charge in [0, 0.05) is 63.6 Å². The first-order valence-corrected chi connectivity index (χ1v) is 12.9. The second-order valence-electron chi connectivity index (χ2n) is 10.2. The van der Waals surface area contributed by atoms with Gasteiger partial charge in [0.25, 0.3) is 5.91 Å². The number of nitrogens with zero attached hydrogens (tertiary/aromatic N) is 3. The highest BCUT2D eigenvalue weighted by Gasteiger charge is 2.34. The molecule has 2 aliphatic heterocycles. The van der Waals surface area contributed by atoms with Crippen molar-refractivity contribution in [1.82, 2.24) is 9.80 Å². The average Bonchev–Trinajstić information content (AvgIpc) is 3.20. The molecule has 2 aromatic carbocycles. The van der Waals surface area contributed by atoms with Gasteiger partial charge in [-0.3, -0.25) is 14.4 Å². The fourth-order valence-corrected chi connectivity index (χ4v) is 5.31. The fourth-order valence-electron chi connectivity index (χ4n) is 5.31. The highest BCUT2D eigenvalue weighted by molar-refractivity contribution is 6.06. The summed E-state index contributed by atoms with van der Waals surface area (Å²) in [6.07, 6.45) is 2.56. The van der Waals surface area contributed by atoms with Crippen LogP contribution < -0.4 is 16.0 Å². The number of aryl methyl sites for hydroxylation is 1. The normalized spacial score (nSPS) is 15.5. The van der Waals surface area contributed by atoms with Crippen LogP contribution in [-0.2, 0) is 22.6 Å². The molecule has 1 saturated heterocycles. The van der Waals surface area contributed by atoms with Crippen LogP contribution in [-0.4, -0.2) is 67.3 Å². The minimum atomic E-state index is -0.606. The SMILES string of the molecule is C=C(CN1Cc2c(-c3ccc(CC)c(N(C)C)c3)ccc(NC3CCN(C(C)=O)CC3)c2C1=O)C(N)=O. The minimum Gasteiger partial charge on any atom is -0.382 e. The maximum absolute atomic E-state index is 13.6. The standard InChI is InChI=1S/C29H37N5O3/c1-6-20-7-8-21(15-26(20)32(4)5)23-9-10-25(31-22-11-13-33(14-12-22)19(3)35)27-24(23)17-34(29(27)37)16-18(2)28(30)36/h7-10,15,22,31H,2,6,11-14,16-17H2,1,3-5H3,(H2,30,36). The Kier molecular flexibility index (Phi) is 7.57. The summed E-state index contributed by atoms with van der Waals surface area (Å²) in [5.41, 5.74) is 12.4. The van der Waals surface area contributed by atoms with E-state index in [0.717, 1.165) is 47.3 Å². The molecule has 0 unspecified atom stereocenters. The summed E-state index contributed by atoms with van der Waals surface area (Å²) in [5.74, 6) is -0.651. The molecule has 0 aliphatic carbocycles. The number of amides is 3. The van der Waals surface area contributed by atoms with Crippen LogP contribution in [0.5, 0.6) is 0 Å². The number of hydrogen-bond acceptors (Lipinski definition) is 5. The predicted molar refractivity (Wildman–Crippen MR) is 148 cm³/mol. The third kappa shape index (κ3) is 5.33. The highest BCUT2D eigenvalue weighted by atomic mass is 16.2. The Bertz CT molecular complexity index is 1240. The zero-order valence-electron chi connectivity index (χ0n) is 22.3. The van der Waals surface area contributed by atoms with E-state index in [2.05, 4.69) is 48.0 Å². The van der Waals surface area contributed by atoms with Crippen molar-refractivity contribution in [2.45, 2.75) is 45.7 Å². The number of benzene rings is 2. The number of carbonyl (C=O) groups excluding carboxylic acids is 3. The van der Waals surface area contributed by atoms with E-state index in [9.17, 15) is 14.4 Å². The molecule has 0 spiro atoms. The van der Waals surface area contributed by atoms with Gasteiger partial charge in [-0.2, -0.15) is 0 Å². The van der Waals surface area contributed by atoms with Gasteiger partial charge in [0.05, 0.1) is 12.1 Å². The molecule has 3 N–H and O–H groups in total. The van der Waals surface area contributed by atoms with Crippen molar-refractivity contribution in [2.24, 2.45) is 5.73 Å². The van der Waals surface area contributed by atoms with Crippen LogP contribution in [0.3, 0.4) is 0 Å². The molecule has 3 amide bonds. The third-order valence-corrected chi connectivity index (χ3v) is 7.45. The van der Waals surface area contributed by atoms with Gasteiger partial charge in [-0.05, 0) is 53.6 Å². The topological polar surface area (TPSA) is 99.0 Å². The predicted octanol–water partition coefficient (Wildman–Crippen LogP) is 3.40. The van der Waals surface area contributed by atoms with Crippen LogP contribution in [0.2, 0.25) is 0 Å². The summed E-state index contributed by atoms with van der Waals surface area (Å²) in [4.78, 5) is 42.6. The molecule has 0 saturated carbocycles. The first-order valence-electron chi connectivity index (χ1n) is 12.9. The number of piperidine rings is 1. The number of primary amides is 1. The van der Waals surface area contributed by atoms with E-state index in [-0.39, 0.29) is 30.0 Å². The molecule has 1 fully saturated rings. The summed E-state index contributed by atoms with van der Waals surface area (Å²) < 4.78 is 0. The summed E-state index contributed by atoms with van der Waals surface area (Å²) in [7, 11) is 4.07. The number of nitrogens with one attached hydrogen (secondary N) is 1. The molecule has 0 radical (unpaired) electrons. The van der Waals surface area contributed by atoms with Crippen LogP contribution >= 0.6 is 0 Å². The summed E-state index contributed by atoms with van der Waals surface area (Å²) in [5, 5.41) is 3.59. The van der Waals surface area contributed by atoms with Crippen LogP contribution in [0.4, 0.5) is 11.4 Å². The summed E-state index contributed by atoms with van der Waals surface area (Å²) in [6, 6.07) is 10.7.